The Morgan fingerprint density at radius 3 is 3.09 bits per heavy atom. The molecule has 0 unspecified atom stereocenters. The number of ether oxygens (including phenoxy) is 1. The number of aromatic amines is 1. The van der Waals surface area contributed by atoms with Gasteiger partial charge in [-0.15, -0.1) is 0 Å². The Bertz CT molecular complexity index is 665. The molecule has 0 radical (unpaired) electrons. The van der Waals surface area contributed by atoms with Gasteiger partial charge >= 0.3 is 0 Å². The predicted molar refractivity (Wildman–Crippen MR) is 86.0 cm³/mol. The summed E-state index contributed by atoms with van der Waals surface area (Å²) in [5.74, 6) is 0.990. The lowest BCUT2D eigenvalue weighted by molar-refractivity contribution is -0.120. The largest absolute Gasteiger partial charge is 0.490 e. The second-order valence-corrected chi connectivity index (χ2v) is 6.03. The second-order valence-electron chi connectivity index (χ2n) is 6.03. The van der Waals surface area contributed by atoms with Gasteiger partial charge in [0.25, 0.3) is 0 Å². The van der Waals surface area contributed by atoms with Gasteiger partial charge in [-0.3, -0.25) is 9.89 Å². The average Bonchev–Trinajstić information content (AvgIpc) is 2.95. The summed E-state index contributed by atoms with van der Waals surface area (Å²) < 4.78 is 6.27. The third-order valence-electron chi connectivity index (χ3n) is 4.37. The van der Waals surface area contributed by atoms with Crippen LogP contribution in [0.15, 0.2) is 18.3 Å². The second kappa shape index (κ2) is 6.38. The van der Waals surface area contributed by atoms with Crippen LogP contribution in [-0.4, -0.2) is 28.3 Å². The fraction of sp³-hybridized carbons (Fsp3) is 0.529. The number of aromatic nitrogens is 2. The third kappa shape index (κ3) is 3.08. The van der Waals surface area contributed by atoms with Gasteiger partial charge in [0.15, 0.2) is 0 Å². The van der Waals surface area contributed by atoms with Gasteiger partial charge in [0.1, 0.15) is 11.9 Å². The van der Waals surface area contributed by atoms with Crippen molar-refractivity contribution < 1.29 is 9.53 Å². The van der Waals surface area contributed by atoms with Crippen molar-refractivity contribution in [3.8, 4) is 5.75 Å². The Balaban J connectivity index is 1.76. The van der Waals surface area contributed by atoms with Crippen LogP contribution in [0.2, 0.25) is 0 Å². The molecule has 1 aliphatic rings. The van der Waals surface area contributed by atoms with Crippen LogP contribution in [0.25, 0.3) is 10.9 Å². The van der Waals surface area contributed by atoms with Crippen LogP contribution in [0.4, 0.5) is 0 Å². The van der Waals surface area contributed by atoms with E-state index in [-0.39, 0.29) is 18.1 Å². The van der Waals surface area contributed by atoms with Crippen molar-refractivity contribution in [2.45, 2.75) is 58.1 Å². The SMILES string of the molecule is CCc1c(O[C@H]2CCC[C@@H](NC(C)=O)C2)ccc2[nH]ncc12. The molecule has 0 bridgehead atoms. The van der Waals surface area contributed by atoms with Gasteiger partial charge in [-0.1, -0.05) is 6.92 Å². The van der Waals surface area contributed by atoms with Gasteiger partial charge < -0.3 is 10.1 Å². The first kappa shape index (κ1) is 14.9. The number of nitrogens with zero attached hydrogens (tertiary/aromatic N) is 1. The Morgan fingerprint density at radius 2 is 2.32 bits per heavy atom. The molecule has 0 aliphatic heterocycles. The number of hydrogen-bond donors (Lipinski definition) is 2. The molecule has 1 fully saturated rings. The summed E-state index contributed by atoms with van der Waals surface area (Å²) in [6.45, 7) is 3.71. The first-order valence-corrected chi connectivity index (χ1v) is 8.06. The molecule has 1 amide bonds. The first-order chi connectivity index (χ1) is 10.7. The molecule has 2 aromatic rings. The van der Waals surface area contributed by atoms with E-state index < -0.39 is 0 Å². The number of fused-ring (bicyclic) bond motifs is 1. The lowest BCUT2D eigenvalue weighted by atomic mass is 9.92. The molecule has 2 atom stereocenters. The van der Waals surface area contributed by atoms with Crippen LogP contribution in [-0.2, 0) is 11.2 Å². The maximum atomic E-state index is 11.2. The zero-order chi connectivity index (χ0) is 15.5. The molecular weight excluding hydrogens is 278 g/mol. The van der Waals surface area contributed by atoms with Crippen LogP contribution in [0.3, 0.4) is 0 Å². The number of hydrogen-bond acceptors (Lipinski definition) is 3. The quantitative estimate of drug-likeness (QED) is 0.912. The lowest BCUT2D eigenvalue weighted by Crippen LogP contribution is -2.40. The summed E-state index contributed by atoms with van der Waals surface area (Å²) in [6.07, 6.45) is 7.00. The summed E-state index contributed by atoms with van der Waals surface area (Å²) in [4.78, 5) is 11.2. The fourth-order valence-electron chi connectivity index (χ4n) is 3.38. The predicted octanol–water partition coefficient (Wildman–Crippen LogP) is 2.95. The smallest absolute Gasteiger partial charge is 0.217 e. The highest BCUT2D eigenvalue weighted by atomic mass is 16.5. The van der Waals surface area contributed by atoms with Crippen LogP contribution < -0.4 is 10.1 Å². The molecule has 0 saturated heterocycles. The average molecular weight is 301 g/mol. The molecule has 5 nitrogen and oxygen atoms in total. The number of H-pyrrole nitrogens is 1. The Hall–Kier alpha value is -2.04. The van der Waals surface area contributed by atoms with Crippen molar-refractivity contribution in [2.75, 3.05) is 0 Å². The number of nitrogens with one attached hydrogen (secondary N) is 2. The standard InChI is InChI=1S/C17H23N3O2/c1-3-14-15-10-18-20-16(15)7-8-17(14)22-13-6-4-5-12(9-13)19-11(2)21/h7-8,10,12-13H,3-6,9H2,1-2H3,(H,18,20)(H,19,21)/t12-,13+/m1/s1. The van der Waals surface area contributed by atoms with Crippen LogP contribution >= 0.6 is 0 Å². The van der Waals surface area contributed by atoms with Crippen molar-refractivity contribution in [3.63, 3.8) is 0 Å². The Morgan fingerprint density at radius 1 is 1.45 bits per heavy atom. The normalized spacial score (nSPS) is 21.7. The van der Waals surface area contributed by atoms with Gasteiger partial charge in [0, 0.05) is 30.3 Å². The molecule has 3 rings (SSSR count). The van der Waals surface area contributed by atoms with Gasteiger partial charge in [-0.2, -0.15) is 5.10 Å². The summed E-state index contributed by atoms with van der Waals surface area (Å²) in [6, 6.07) is 4.28. The van der Waals surface area contributed by atoms with E-state index in [2.05, 4.69) is 22.4 Å². The zero-order valence-corrected chi connectivity index (χ0v) is 13.2. The molecule has 1 aliphatic carbocycles. The van der Waals surface area contributed by atoms with Crippen LogP contribution in [0, 0.1) is 0 Å². The molecule has 1 saturated carbocycles. The fourth-order valence-corrected chi connectivity index (χ4v) is 3.38. The van der Waals surface area contributed by atoms with Crippen molar-refractivity contribution in [1.82, 2.24) is 15.5 Å². The third-order valence-corrected chi connectivity index (χ3v) is 4.37. The highest BCUT2D eigenvalue weighted by Crippen LogP contribution is 2.31. The highest BCUT2D eigenvalue weighted by molar-refractivity contribution is 5.84. The Labute approximate surface area is 130 Å². The van der Waals surface area contributed by atoms with E-state index >= 15 is 0 Å². The van der Waals surface area contributed by atoms with E-state index in [0.29, 0.717) is 0 Å². The maximum absolute atomic E-state index is 11.2. The molecule has 1 aromatic carbocycles. The number of carbonyl (C=O) groups is 1. The van der Waals surface area contributed by atoms with Crippen LogP contribution in [0.1, 0.15) is 45.1 Å². The monoisotopic (exact) mass is 301 g/mol. The number of carbonyl (C=O) groups excluding carboxylic acids is 1. The van der Waals surface area contributed by atoms with E-state index in [1.807, 2.05) is 18.3 Å². The minimum absolute atomic E-state index is 0.0414. The molecule has 0 spiro atoms. The highest BCUT2D eigenvalue weighted by Gasteiger charge is 2.24. The molecule has 22 heavy (non-hydrogen) atoms. The topological polar surface area (TPSA) is 67.0 Å². The van der Waals surface area contributed by atoms with Crippen molar-refractivity contribution in [3.05, 3.63) is 23.9 Å². The minimum atomic E-state index is 0.0414. The Kier molecular flexibility index (Phi) is 4.32. The van der Waals surface area contributed by atoms with Gasteiger partial charge in [-0.25, -0.2) is 0 Å². The molecule has 1 aromatic heterocycles. The van der Waals surface area contributed by atoms with Crippen molar-refractivity contribution >= 4 is 16.8 Å². The van der Waals surface area contributed by atoms with Gasteiger partial charge in [-0.05, 0) is 37.8 Å². The molecular formula is C17H23N3O2. The summed E-state index contributed by atoms with van der Waals surface area (Å²) in [5.41, 5.74) is 2.25. The summed E-state index contributed by atoms with van der Waals surface area (Å²) >= 11 is 0. The van der Waals surface area contributed by atoms with E-state index in [4.69, 9.17) is 4.74 Å². The minimum Gasteiger partial charge on any atom is -0.490 e. The lowest BCUT2D eigenvalue weighted by Gasteiger charge is -2.30. The van der Waals surface area contributed by atoms with E-state index in [1.54, 1.807) is 6.92 Å². The molecule has 2 N–H and O–H groups in total. The van der Waals surface area contributed by atoms with E-state index in [9.17, 15) is 4.79 Å². The van der Waals surface area contributed by atoms with Crippen LogP contribution in [0.5, 0.6) is 5.75 Å². The van der Waals surface area contributed by atoms with Crippen molar-refractivity contribution in [1.29, 1.82) is 0 Å². The maximum Gasteiger partial charge on any atom is 0.217 e. The zero-order valence-electron chi connectivity index (χ0n) is 13.2. The molecule has 1 heterocycles. The van der Waals surface area contributed by atoms with E-state index in [1.165, 1.54) is 5.56 Å². The van der Waals surface area contributed by atoms with Gasteiger partial charge in [0.05, 0.1) is 11.7 Å². The number of rotatable bonds is 4. The number of benzene rings is 1. The molecule has 118 valence electrons. The number of aryl methyl sites for hydroxylation is 1. The van der Waals surface area contributed by atoms with Gasteiger partial charge in [0.2, 0.25) is 5.91 Å². The summed E-state index contributed by atoms with van der Waals surface area (Å²) in [5, 5.41) is 11.3. The molecule has 5 heteroatoms. The van der Waals surface area contributed by atoms with E-state index in [0.717, 1.165) is 48.8 Å². The summed E-state index contributed by atoms with van der Waals surface area (Å²) in [7, 11) is 0. The number of amides is 1. The first-order valence-electron chi connectivity index (χ1n) is 8.06. The van der Waals surface area contributed by atoms with Crippen molar-refractivity contribution in [2.24, 2.45) is 0 Å².